The lowest BCUT2D eigenvalue weighted by atomic mass is 9.44. The smallest absolute Gasteiger partial charge is 0.243 e. The average molecular weight is 453 g/mol. The molecule has 1 aromatic heterocycles. The van der Waals surface area contributed by atoms with E-state index in [4.69, 9.17) is 0 Å². The van der Waals surface area contributed by atoms with Crippen molar-refractivity contribution in [1.29, 1.82) is 0 Å². The van der Waals surface area contributed by atoms with Crippen molar-refractivity contribution in [2.45, 2.75) is 112 Å². The van der Waals surface area contributed by atoms with Gasteiger partial charge in [-0.3, -0.25) is 4.79 Å². The van der Waals surface area contributed by atoms with Gasteiger partial charge in [0.15, 0.2) is 0 Å². The van der Waals surface area contributed by atoms with E-state index in [1.807, 2.05) is 6.20 Å². The predicted molar refractivity (Wildman–Crippen MR) is 135 cm³/mol. The number of carbonyl (C=O) groups is 1. The van der Waals surface area contributed by atoms with Crippen molar-refractivity contribution in [2.75, 3.05) is 0 Å². The first-order valence-corrected chi connectivity index (χ1v) is 14.2. The summed E-state index contributed by atoms with van der Waals surface area (Å²) in [6, 6.07) is 0. The number of aromatic nitrogens is 2. The summed E-state index contributed by atoms with van der Waals surface area (Å²) in [5.41, 5.74) is 3.55. The lowest BCUT2D eigenvalue weighted by molar-refractivity contribution is -0.103. The Hall–Kier alpha value is -1.12. The molecule has 33 heavy (non-hydrogen) atoms. The van der Waals surface area contributed by atoms with Gasteiger partial charge in [-0.05, 0) is 109 Å². The standard InChI is InChI=1S/C30H48N2O/c1-19(2)8-7-9-20(3)25-12-13-26-24-11-10-23-16-28-22(18-31-32(28)21(4)33)17-30(23,6)27(24)14-15-29(25,26)5/h18-20,23-27H,7-17H2,1-6H3/t20-,23+,24+,25-,26+,27+,29-,30+/m1/s1. The van der Waals surface area contributed by atoms with Crippen molar-refractivity contribution < 1.29 is 4.79 Å². The van der Waals surface area contributed by atoms with E-state index >= 15 is 0 Å². The number of fused-ring (bicyclic) bond motifs is 6. The summed E-state index contributed by atoms with van der Waals surface area (Å²) >= 11 is 0. The minimum absolute atomic E-state index is 0.0708. The van der Waals surface area contributed by atoms with Crippen molar-refractivity contribution in [3.63, 3.8) is 0 Å². The van der Waals surface area contributed by atoms with Gasteiger partial charge in [0.25, 0.3) is 0 Å². The molecular formula is C30H48N2O. The number of rotatable bonds is 5. The summed E-state index contributed by atoms with van der Waals surface area (Å²) < 4.78 is 1.70. The van der Waals surface area contributed by atoms with E-state index in [9.17, 15) is 4.79 Å². The Morgan fingerprint density at radius 2 is 1.82 bits per heavy atom. The summed E-state index contributed by atoms with van der Waals surface area (Å²) in [6.07, 6.45) is 17.0. The zero-order chi connectivity index (χ0) is 23.5. The first-order valence-electron chi connectivity index (χ1n) is 14.2. The molecule has 0 saturated heterocycles. The predicted octanol–water partition coefficient (Wildman–Crippen LogP) is 7.58. The molecule has 3 fully saturated rings. The lowest BCUT2D eigenvalue weighted by Gasteiger charge is -2.60. The van der Waals surface area contributed by atoms with E-state index in [1.54, 1.807) is 11.6 Å². The van der Waals surface area contributed by atoms with Crippen LogP contribution in [0, 0.1) is 52.3 Å². The van der Waals surface area contributed by atoms with Gasteiger partial charge in [-0.2, -0.15) is 5.10 Å². The second-order valence-corrected chi connectivity index (χ2v) is 13.6. The molecule has 4 aliphatic rings. The third-order valence-corrected chi connectivity index (χ3v) is 11.5. The molecule has 0 spiro atoms. The highest BCUT2D eigenvalue weighted by Crippen LogP contribution is 2.68. The van der Waals surface area contributed by atoms with Gasteiger partial charge >= 0.3 is 0 Å². The van der Waals surface area contributed by atoms with Crippen LogP contribution in [0.1, 0.15) is 115 Å². The Bertz CT molecular complexity index is 886. The number of carbonyl (C=O) groups excluding carboxylic acids is 1. The van der Waals surface area contributed by atoms with E-state index in [1.165, 1.54) is 69.0 Å². The molecule has 0 aromatic carbocycles. The highest BCUT2D eigenvalue weighted by atomic mass is 16.2. The number of nitrogens with zero attached hydrogens (tertiary/aromatic N) is 2. The van der Waals surface area contributed by atoms with E-state index in [2.05, 4.69) is 39.7 Å². The Kier molecular flexibility index (Phi) is 6.10. The highest BCUT2D eigenvalue weighted by molar-refractivity contribution is 5.76. The third-order valence-electron chi connectivity index (χ3n) is 11.5. The maximum absolute atomic E-state index is 12.1. The molecular weight excluding hydrogens is 404 g/mol. The molecule has 3 nitrogen and oxygen atoms in total. The molecule has 184 valence electrons. The average Bonchev–Trinajstić information content (AvgIpc) is 3.31. The van der Waals surface area contributed by atoms with E-state index in [0.717, 1.165) is 54.3 Å². The monoisotopic (exact) mass is 452 g/mol. The van der Waals surface area contributed by atoms with Crippen molar-refractivity contribution >= 4 is 5.91 Å². The van der Waals surface area contributed by atoms with Crippen LogP contribution in [0.3, 0.4) is 0 Å². The zero-order valence-corrected chi connectivity index (χ0v) is 22.2. The van der Waals surface area contributed by atoms with Gasteiger partial charge in [0, 0.05) is 6.92 Å². The molecule has 0 aliphatic heterocycles. The first-order chi connectivity index (χ1) is 15.6. The molecule has 4 aliphatic carbocycles. The van der Waals surface area contributed by atoms with Crippen LogP contribution in [-0.2, 0) is 12.8 Å². The maximum Gasteiger partial charge on any atom is 0.243 e. The molecule has 0 N–H and O–H groups in total. The van der Waals surface area contributed by atoms with Gasteiger partial charge in [0.2, 0.25) is 5.91 Å². The molecule has 0 amide bonds. The lowest BCUT2D eigenvalue weighted by Crippen LogP contribution is -2.54. The van der Waals surface area contributed by atoms with Crippen LogP contribution in [0.15, 0.2) is 6.20 Å². The van der Waals surface area contributed by atoms with Gasteiger partial charge in [-0.15, -0.1) is 0 Å². The fourth-order valence-corrected chi connectivity index (χ4v) is 9.86. The second kappa shape index (κ2) is 8.52. The number of hydrogen-bond donors (Lipinski definition) is 0. The molecule has 0 radical (unpaired) electrons. The Morgan fingerprint density at radius 1 is 1.06 bits per heavy atom. The van der Waals surface area contributed by atoms with Crippen LogP contribution < -0.4 is 0 Å². The second-order valence-electron chi connectivity index (χ2n) is 13.6. The third kappa shape index (κ3) is 3.75. The molecule has 0 bridgehead atoms. The number of hydrogen-bond acceptors (Lipinski definition) is 2. The van der Waals surface area contributed by atoms with Gasteiger partial charge < -0.3 is 0 Å². The molecule has 1 aromatic rings. The quantitative estimate of drug-likeness (QED) is 0.461. The summed E-state index contributed by atoms with van der Waals surface area (Å²) in [4.78, 5) is 12.1. The molecule has 1 heterocycles. The Balaban J connectivity index is 1.34. The SMILES string of the molecule is CC(=O)n1ncc2c1C[C@@H]1CC[C@@H]3[C@H](CC[C@]4(C)[C@@H]([C@H](C)CCCC(C)C)CC[C@@H]34)[C@@]1(C)C2. The van der Waals surface area contributed by atoms with Crippen LogP contribution in [0.5, 0.6) is 0 Å². The van der Waals surface area contributed by atoms with Gasteiger partial charge in [-0.1, -0.05) is 53.9 Å². The van der Waals surface area contributed by atoms with Crippen LogP contribution in [0.4, 0.5) is 0 Å². The Labute approximate surface area is 202 Å². The largest absolute Gasteiger partial charge is 0.273 e. The van der Waals surface area contributed by atoms with Gasteiger partial charge in [0.1, 0.15) is 0 Å². The summed E-state index contributed by atoms with van der Waals surface area (Å²) in [5.74, 6) is 6.17. The normalized spacial score (nSPS) is 40.6. The van der Waals surface area contributed by atoms with Crippen molar-refractivity contribution in [1.82, 2.24) is 9.78 Å². The molecule has 8 atom stereocenters. The summed E-state index contributed by atoms with van der Waals surface area (Å²) in [7, 11) is 0. The molecule has 5 rings (SSSR count). The minimum atomic E-state index is 0.0708. The van der Waals surface area contributed by atoms with Crippen LogP contribution in [-0.4, -0.2) is 15.7 Å². The summed E-state index contributed by atoms with van der Waals surface area (Å²) in [6.45, 7) is 14.3. The first kappa shape index (κ1) is 23.6. The molecule has 3 heteroatoms. The van der Waals surface area contributed by atoms with E-state index in [0.29, 0.717) is 10.8 Å². The van der Waals surface area contributed by atoms with Crippen LogP contribution >= 0.6 is 0 Å². The van der Waals surface area contributed by atoms with Crippen LogP contribution in [0.25, 0.3) is 0 Å². The van der Waals surface area contributed by atoms with E-state index in [-0.39, 0.29) is 5.91 Å². The fraction of sp³-hybridized carbons (Fsp3) is 0.867. The highest BCUT2D eigenvalue weighted by Gasteiger charge is 2.60. The zero-order valence-electron chi connectivity index (χ0n) is 22.2. The van der Waals surface area contributed by atoms with Gasteiger partial charge in [-0.25, -0.2) is 4.68 Å². The van der Waals surface area contributed by atoms with E-state index < -0.39 is 0 Å². The van der Waals surface area contributed by atoms with Crippen LogP contribution in [0.2, 0.25) is 0 Å². The maximum atomic E-state index is 12.1. The minimum Gasteiger partial charge on any atom is -0.273 e. The van der Waals surface area contributed by atoms with Crippen molar-refractivity contribution in [3.05, 3.63) is 17.5 Å². The fourth-order valence-electron chi connectivity index (χ4n) is 9.86. The molecule has 3 saturated carbocycles. The van der Waals surface area contributed by atoms with Crippen molar-refractivity contribution in [3.8, 4) is 0 Å². The van der Waals surface area contributed by atoms with Gasteiger partial charge in [0.05, 0.1) is 11.9 Å². The summed E-state index contributed by atoms with van der Waals surface area (Å²) in [5, 5.41) is 4.49. The topological polar surface area (TPSA) is 34.9 Å². The van der Waals surface area contributed by atoms with Crippen molar-refractivity contribution in [2.24, 2.45) is 52.3 Å². The molecule has 0 unspecified atom stereocenters. The Morgan fingerprint density at radius 3 is 2.55 bits per heavy atom.